The van der Waals surface area contributed by atoms with Crippen molar-refractivity contribution < 1.29 is 4.74 Å². The summed E-state index contributed by atoms with van der Waals surface area (Å²) in [5, 5.41) is 3.35. The van der Waals surface area contributed by atoms with Gasteiger partial charge >= 0.3 is 6.01 Å². The highest BCUT2D eigenvalue weighted by atomic mass is 79.9. The summed E-state index contributed by atoms with van der Waals surface area (Å²) in [5.74, 6) is 0.719. The van der Waals surface area contributed by atoms with E-state index >= 15 is 0 Å². The van der Waals surface area contributed by atoms with Crippen molar-refractivity contribution in [2.45, 2.75) is 33.7 Å². The molecule has 0 saturated carbocycles. The summed E-state index contributed by atoms with van der Waals surface area (Å²) in [4.78, 5) is 8.70. The molecule has 1 aromatic heterocycles. The molecule has 0 saturated heterocycles. The summed E-state index contributed by atoms with van der Waals surface area (Å²) in [6.45, 7) is 7.93. The van der Waals surface area contributed by atoms with Crippen LogP contribution in [-0.4, -0.2) is 16.5 Å². The van der Waals surface area contributed by atoms with E-state index < -0.39 is 0 Å². The Kier molecular flexibility index (Phi) is 5.70. The number of aromatic nitrogens is 2. The monoisotopic (exact) mass is 349 g/mol. The summed E-state index contributed by atoms with van der Waals surface area (Å²) in [6.07, 6.45) is 2.94. The molecule has 1 heterocycles. The fourth-order valence-corrected chi connectivity index (χ4v) is 2.45. The molecule has 0 amide bonds. The zero-order chi connectivity index (χ0) is 15.2. The van der Waals surface area contributed by atoms with E-state index in [0.717, 1.165) is 41.0 Å². The van der Waals surface area contributed by atoms with Crippen LogP contribution < -0.4 is 10.1 Å². The molecule has 0 aliphatic carbocycles. The number of aryl methyl sites for hydroxylation is 2. The maximum absolute atomic E-state index is 5.74. The molecule has 0 aliphatic heterocycles. The van der Waals surface area contributed by atoms with Crippen LogP contribution in [0.5, 0.6) is 11.8 Å². The molecule has 1 aromatic carbocycles. The van der Waals surface area contributed by atoms with Gasteiger partial charge in [-0.2, -0.15) is 4.98 Å². The maximum Gasteiger partial charge on any atom is 0.322 e. The van der Waals surface area contributed by atoms with E-state index in [1.807, 2.05) is 38.2 Å². The Labute approximate surface area is 134 Å². The van der Waals surface area contributed by atoms with Gasteiger partial charge in [0.25, 0.3) is 0 Å². The predicted molar refractivity (Wildman–Crippen MR) is 87.7 cm³/mol. The number of rotatable bonds is 6. The van der Waals surface area contributed by atoms with Gasteiger partial charge in [0.05, 0.1) is 4.47 Å². The topological polar surface area (TPSA) is 47.0 Å². The highest BCUT2D eigenvalue weighted by molar-refractivity contribution is 9.10. The Morgan fingerprint density at radius 3 is 2.76 bits per heavy atom. The second-order valence-corrected chi connectivity index (χ2v) is 5.83. The van der Waals surface area contributed by atoms with Crippen molar-refractivity contribution in [1.82, 2.24) is 15.3 Å². The summed E-state index contributed by atoms with van der Waals surface area (Å²) in [7, 11) is 0. The summed E-state index contributed by atoms with van der Waals surface area (Å²) >= 11 is 3.49. The molecule has 0 fully saturated rings. The molecule has 5 heteroatoms. The van der Waals surface area contributed by atoms with E-state index in [0.29, 0.717) is 6.01 Å². The van der Waals surface area contributed by atoms with Gasteiger partial charge in [-0.25, -0.2) is 4.98 Å². The zero-order valence-corrected chi connectivity index (χ0v) is 14.2. The van der Waals surface area contributed by atoms with Crippen LogP contribution in [0.4, 0.5) is 0 Å². The highest BCUT2D eigenvalue weighted by Crippen LogP contribution is 2.28. The Balaban J connectivity index is 2.09. The number of hydrogen-bond acceptors (Lipinski definition) is 4. The number of halogens is 1. The molecule has 1 N–H and O–H groups in total. The quantitative estimate of drug-likeness (QED) is 0.795. The minimum Gasteiger partial charge on any atom is -0.423 e. The molecular formula is C16H20BrN3O. The van der Waals surface area contributed by atoms with Crippen LogP contribution in [0.1, 0.15) is 30.2 Å². The van der Waals surface area contributed by atoms with Crippen molar-refractivity contribution in [2.24, 2.45) is 0 Å². The van der Waals surface area contributed by atoms with Gasteiger partial charge in [-0.3, -0.25) is 0 Å². The molecule has 0 spiro atoms. The predicted octanol–water partition coefficient (Wildman–Crippen LogP) is 4.15. The highest BCUT2D eigenvalue weighted by Gasteiger charge is 2.07. The lowest BCUT2D eigenvalue weighted by atomic mass is 10.2. The van der Waals surface area contributed by atoms with E-state index in [9.17, 15) is 0 Å². The Bertz CT molecular complexity index is 616. The van der Waals surface area contributed by atoms with Crippen LogP contribution in [0.2, 0.25) is 0 Å². The minimum atomic E-state index is 0.372. The number of hydrogen-bond donors (Lipinski definition) is 1. The third-order valence-electron chi connectivity index (χ3n) is 3.09. The van der Waals surface area contributed by atoms with Crippen molar-refractivity contribution >= 4 is 15.9 Å². The van der Waals surface area contributed by atoms with Crippen molar-refractivity contribution in [1.29, 1.82) is 0 Å². The number of benzene rings is 1. The molecule has 21 heavy (non-hydrogen) atoms. The lowest BCUT2D eigenvalue weighted by Gasteiger charge is -2.10. The minimum absolute atomic E-state index is 0.372. The summed E-state index contributed by atoms with van der Waals surface area (Å²) in [6, 6.07) is 6.28. The fraction of sp³-hybridized carbons (Fsp3) is 0.375. The van der Waals surface area contributed by atoms with Crippen molar-refractivity contribution in [2.75, 3.05) is 6.54 Å². The molecule has 112 valence electrons. The van der Waals surface area contributed by atoms with Gasteiger partial charge in [0.15, 0.2) is 0 Å². The van der Waals surface area contributed by atoms with Crippen LogP contribution in [0.25, 0.3) is 0 Å². The van der Waals surface area contributed by atoms with E-state index in [-0.39, 0.29) is 0 Å². The van der Waals surface area contributed by atoms with Crippen LogP contribution >= 0.6 is 15.9 Å². The van der Waals surface area contributed by atoms with E-state index in [1.54, 1.807) is 0 Å². The summed E-state index contributed by atoms with van der Waals surface area (Å²) in [5.41, 5.74) is 3.20. The smallest absolute Gasteiger partial charge is 0.322 e. The van der Waals surface area contributed by atoms with Gasteiger partial charge in [-0.05, 0) is 60.4 Å². The van der Waals surface area contributed by atoms with Crippen LogP contribution in [0.3, 0.4) is 0 Å². The van der Waals surface area contributed by atoms with E-state index in [1.165, 1.54) is 5.56 Å². The molecule has 0 radical (unpaired) electrons. The first-order valence-electron chi connectivity index (χ1n) is 7.07. The van der Waals surface area contributed by atoms with Crippen LogP contribution in [-0.2, 0) is 6.54 Å². The van der Waals surface area contributed by atoms with Gasteiger partial charge in [-0.15, -0.1) is 0 Å². The van der Waals surface area contributed by atoms with Gasteiger partial charge in [0.2, 0.25) is 0 Å². The molecule has 0 aliphatic rings. The van der Waals surface area contributed by atoms with Gasteiger partial charge in [0.1, 0.15) is 5.75 Å². The Morgan fingerprint density at radius 2 is 2.10 bits per heavy atom. The Morgan fingerprint density at radius 1 is 1.29 bits per heavy atom. The fourth-order valence-electron chi connectivity index (χ4n) is 1.88. The maximum atomic E-state index is 5.74. The number of nitrogens with one attached hydrogen (secondary N) is 1. The standard InChI is InChI=1S/C16H20BrN3O/c1-4-7-18-9-13-10-19-16(20-12(13)3)21-15-6-5-11(2)8-14(15)17/h5-6,8,10,18H,4,7,9H2,1-3H3. The first kappa shape index (κ1) is 15.9. The lowest BCUT2D eigenvalue weighted by molar-refractivity contribution is 0.436. The first-order chi connectivity index (χ1) is 10.1. The average Bonchev–Trinajstić information content (AvgIpc) is 2.44. The zero-order valence-electron chi connectivity index (χ0n) is 12.6. The van der Waals surface area contributed by atoms with Gasteiger partial charge in [-0.1, -0.05) is 13.0 Å². The first-order valence-corrected chi connectivity index (χ1v) is 7.86. The third-order valence-corrected chi connectivity index (χ3v) is 3.71. The Hall–Kier alpha value is -1.46. The van der Waals surface area contributed by atoms with Crippen LogP contribution in [0, 0.1) is 13.8 Å². The van der Waals surface area contributed by atoms with E-state index in [4.69, 9.17) is 4.74 Å². The summed E-state index contributed by atoms with van der Waals surface area (Å²) < 4.78 is 6.64. The third kappa shape index (κ3) is 4.51. The molecule has 4 nitrogen and oxygen atoms in total. The van der Waals surface area contributed by atoms with Crippen molar-refractivity contribution in [3.8, 4) is 11.8 Å². The lowest BCUT2D eigenvalue weighted by Crippen LogP contribution is -2.15. The largest absolute Gasteiger partial charge is 0.423 e. The van der Waals surface area contributed by atoms with Crippen molar-refractivity contribution in [3.05, 3.63) is 45.7 Å². The van der Waals surface area contributed by atoms with Crippen LogP contribution in [0.15, 0.2) is 28.9 Å². The number of nitrogens with zero attached hydrogens (tertiary/aromatic N) is 2. The average molecular weight is 350 g/mol. The van der Waals surface area contributed by atoms with Crippen molar-refractivity contribution in [3.63, 3.8) is 0 Å². The van der Waals surface area contributed by atoms with E-state index in [2.05, 4.69) is 38.1 Å². The second kappa shape index (κ2) is 7.52. The molecule has 0 atom stereocenters. The normalized spacial score (nSPS) is 10.7. The second-order valence-electron chi connectivity index (χ2n) is 4.98. The van der Waals surface area contributed by atoms with Gasteiger partial charge < -0.3 is 10.1 Å². The SMILES string of the molecule is CCCNCc1cnc(Oc2ccc(C)cc2Br)nc1C. The molecule has 0 bridgehead atoms. The molecule has 0 unspecified atom stereocenters. The molecule has 2 aromatic rings. The molecular weight excluding hydrogens is 330 g/mol. The van der Waals surface area contributed by atoms with Gasteiger partial charge in [0, 0.05) is 24.0 Å². The molecule has 2 rings (SSSR count). The number of ether oxygens (including phenoxy) is 1.